The van der Waals surface area contributed by atoms with Crippen LogP contribution in [0.4, 0.5) is 0 Å². The van der Waals surface area contributed by atoms with Crippen LogP contribution in [0.25, 0.3) is 16.5 Å². The van der Waals surface area contributed by atoms with E-state index in [1.165, 1.54) is 11.1 Å². The molecule has 0 fully saturated rings. The van der Waals surface area contributed by atoms with Gasteiger partial charge in [-0.3, -0.25) is 4.99 Å². The Kier molecular flexibility index (Phi) is 2.90. The summed E-state index contributed by atoms with van der Waals surface area (Å²) in [6.45, 7) is 6.26. The molecule has 1 aliphatic heterocycles. The number of allylic oxidation sites excluding steroid dienone is 1. The monoisotopic (exact) mass is 251 g/mol. The van der Waals surface area contributed by atoms with E-state index < -0.39 is 0 Å². The molecule has 0 aliphatic carbocycles. The maximum absolute atomic E-state index is 4.54. The van der Waals surface area contributed by atoms with Gasteiger partial charge in [0.15, 0.2) is 0 Å². The first kappa shape index (κ1) is 12.0. The van der Waals surface area contributed by atoms with E-state index in [2.05, 4.69) is 53.1 Å². The summed E-state index contributed by atoms with van der Waals surface area (Å²) in [5.41, 5.74) is 3.35. The van der Waals surface area contributed by atoms with Gasteiger partial charge in [-0.05, 0) is 37.0 Å². The molecular weight excluding hydrogens is 234 g/mol. The van der Waals surface area contributed by atoms with Crippen molar-refractivity contribution in [2.24, 2.45) is 10.9 Å². The SMILES string of the molecule is Cc1ncc2ccc(C3=CC(C)C(C)N=C3)cc2n1. The van der Waals surface area contributed by atoms with E-state index in [0.717, 1.165) is 16.7 Å². The highest BCUT2D eigenvalue weighted by molar-refractivity contribution is 6.11. The Labute approximate surface area is 113 Å². The van der Waals surface area contributed by atoms with Gasteiger partial charge < -0.3 is 0 Å². The van der Waals surface area contributed by atoms with Crippen molar-refractivity contribution in [3.8, 4) is 0 Å². The number of fused-ring (bicyclic) bond motifs is 1. The van der Waals surface area contributed by atoms with Crippen LogP contribution in [0, 0.1) is 12.8 Å². The van der Waals surface area contributed by atoms with Crippen molar-refractivity contribution in [3.05, 3.63) is 41.9 Å². The van der Waals surface area contributed by atoms with Crippen molar-refractivity contribution in [1.29, 1.82) is 0 Å². The molecule has 0 saturated carbocycles. The number of nitrogens with zero attached hydrogens (tertiary/aromatic N) is 3. The summed E-state index contributed by atoms with van der Waals surface area (Å²) in [4.78, 5) is 13.2. The predicted molar refractivity (Wildman–Crippen MR) is 79.4 cm³/mol. The van der Waals surface area contributed by atoms with Gasteiger partial charge in [0.05, 0.1) is 11.6 Å². The number of aromatic nitrogens is 2. The van der Waals surface area contributed by atoms with E-state index in [0.29, 0.717) is 12.0 Å². The second kappa shape index (κ2) is 4.57. The maximum Gasteiger partial charge on any atom is 0.125 e. The van der Waals surface area contributed by atoms with E-state index in [1.807, 2.05) is 19.3 Å². The lowest BCUT2D eigenvalue weighted by Gasteiger charge is -2.18. The average Bonchev–Trinajstić information content (AvgIpc) is 2.41. The third kappa shape index (κ3) is 2.28. The predicted octanol–water partition coefficient (Wildman–Crippen LogP) is 3.43. The highest BCUT2D eigenvalue weighted by Gasteiger charge is 2.14. The van der Waals surface area contributed by atoms with Gasteiger partial charge in [-0.15, -0.1) is 0 Å². The Morgan fingerprint density at radius 3 is 2.79 bits per heavy atom. The van der Waals surface area contributed by atoms with Crippen molar-refractivity contribution >= 4 is 22.7 Å². The summed E-state index contributed by atoms with van der Waals surface area (Å²) in [6, 6.07) is 6.67. The summed E-state index contributed by atoms with van der Waals surface area (Å²) in [6.07, 6.45) is 6.13. The first-order chi connectivity index (χ1) is 9.13. The lowest BCUT2D eigenvalue weighted by molar-refractivity contribution is 0.583. The first-order valence-corrected chi connectivity index (χ1v) is 6.62. The zero-order chi connectivity index (χ0) is 13.4. The molecule has 2 unspecified atom stereocenters. The van der Waals surface area contributed by atoms with Crippen LogP contribution in [0.1, 0.15) is 25.2 Å². The van der Waals surface area contributed by atoms with E-state index in [-0.39, 0.29) is 0 Å². The third-order valence-corrected chi connectivity index (χ3v) is 3.69. The molecule has 96 valence electrons. The first-order valence-electron chi connectivity index (χ1n) is 6.62. The van der Waals surface area contributed by atoms with E-state index in [4.69, 9.17) is 0 Å². The van der Waals surface area contributed by atoms with Crippen LogP contribution in [0.3, 0.4) is 0 Å². The van der Waals surface area contributed by atoms with Crippen LogP contribution in [0.2, 0.25) is 0 Å². The Morgan fingerprint density at radius 2 is 2.00 bits per heavy atom. The molecule has 1 aromatic carbocycles. The smallest absolute Gasteiger partial charge is 0.125 e. The molecule has 19 heavy (non-hydrogen) atoms. The molecule has 0 saturated heterocycles. The van der Waals surface area contributed by atoms with Crippen LogP contribution in [0.15, 0.2) is 35.5 Å². The number of benzene rings is 1. The average molecular weight is 251 g/mol. The largest absolute Gasteiger partial charge is 0.289 e. The molecule has 0 radical (unpaired) electrons. The molecular formula is C16H17N3. The van der Waals surface area contributed by atoms with Crippen LogP contribution < -0.4 is 0 Å². The molecule has 3 heteroatoms. The number of rotatable bonds is 1. The van der Waals surface area contributed by atoms with Gasteiger partial charge in [0, 0.05) is 17.8 Å². The summed E-state index contributed by atoms with van der Waals surface area (Å²) in [5.74, 6) is 1.28. The number of aryl methyl sites for hydroxylation is 1. The second-order valence-electron chi connectivity index (χ2n) is 5.19. The molecule has 2 heterocycles. The molecule has 0 amide bonds. The highest BCUT2D eigenvalue weighted by atomic mass is 14.9. The Morgan fingerprint density at radius 1 is 1.16 bits per heavy atom. The van der Waals surface area contributed by atoms with Crippen molar-refractivity contribution in [3.63, 3.8) is 0 Å². The number of hydrogen-bond donors (Lipinski definition) is 0. The van der Waals surface area contributed by atoms with Gasteiger partial charge in [0.25, 0.3) is 0 Å². The molecule has 3 rings (SSSR count). The Bertz CT molecular complexity index is 685. The Balaban J connectivity index is 2.06. The summed E-state index contributed by atoms with van der Waals surface area (Å²) >= 11 is 0. The molecule has 3 nitrogen and oxygen atoms in total. The van der Waals surface area contributed by atoms with Crippen molar-refractivity contribution in [1.82, 2.24) is 9.97 Å². The van der Waals surface area contributed by atoms with E-state index in [9.17, 15) is 0 Å². The topological polar surface area (TPSA) is 38.1 Å². The molecule has 1 aromatic heterocycles. The van der Waals surface area contributed by atoms with Crippen molar-refractivity contribution < 1.29 is 0 Å². The fourth-order valence-corrected chi connectivity index (χ4v) is 2.27. The second-order valence-corrected chi connectivity index (χ2v) is 5.19. The summed E-state index contributed by atoms with van der Waals surface area (Å²) in [7, 11) is 0. The quantitative estimate of drug-likeness (QED) is 0.778. The van der Waals surface area contributed by atoms with E-state index >= 15 is 0 Å². The van der Waals surface area contributed by atoms with E-state index in [1.54, 1.807) is 0 Å². The van der Waals surface area contributed by atoms with Crippen LogP contribution in [0.5, 0.6) is 0 Å². The molecule has 0 N–H and O–H groups in total. The zero-order valence-corrected chi connectivity index (χ0v) is 11.5. The minimum atomic E-state index is 0.369. The minimum Gasteiger partial charge on any atom is -0.289 e. The van der Waals surface area contributed by atoms with Crippen LogP contribution >= 0.6 is 0 Å². The molecule has 1 aliphatic rings. The van der Waals surface area contributed by atoms with Gasteiger partial charge >= 0.3 is 0 Å². The Hall–Kier alpha value is -2.03. The maximum atomic E-state index is 4.54. The minimum absolute atomic E-state index is 0.369. The number of hydrogen-bond acceptors (Lipinski definition) is 3. The van der Waals surface area contributed by atoms with Gasteiger partial charge in [-0.1, -0.05) is 25.1 Å². The van der Waals surface area contributed by atoms with Crippen molar-refractivity contribution in [2.45, 2.75) is 26.8 Å². The lowest BCUT2D eigenvalue weighted by atomic mass is 9.94. The van der Waals surface area contributed by atoms with Crippen LogP contribution in [-0.2, 0) is 0 Å². The molecule has 0 bridgehead atoms. The normalized spacial score (nSPS) is 22.6. The zero-order valence-electron chi connectivity index (χ0n) is 11.5. The third-order valence-electron chi connectivity index (χ3n) is 3.69. The van der Waals surface area contributed by atoms with Crippen LogP contribution in [-0.4, -0.2) is 22.2 Å². The molecule has 0 spiro atoms. The summed E-state index contributed by atoms with van der Waals surface area (Å²) in [5, 5.41) is 1.07. The van der Waals surface area contributed by atoms with Gasteiger partial charge in [0.1, 0.15) is 5.82 Å². The van der Waals surface area contributed by atoms with Gasteiger partial charge in [-0.2, -0.15) is 0 Å². The number of dihydropyridines is 1. The molecule has 2 atom stereocenters. The standard InChI is InChI=1S/C16H17N3/c1-10-6-15(9-17-11(10)2)13-4-5-14-8-18-12(3)19-16(14)7-13/h4-11H,1-3H3. The molecule has 2 aromatic rings. The van der Waals surface area contributed by atoms with Crippen molar-refractivity contribution in [2.75, 3.05) is 0 Å². The number of aliphatic imine (C=N–C) groups is 1. The highest BCUT2D eigenvalue weighted by Crippen LogP contribution is 2.24. The lowest BCUT2D eigenvalue weighted by Crippen LogP contribution is -2.14. The van der Waals surface area contributed by atoms with Gasteiger partial charge in [-0.25, -0.2) is 9.97 Å². The fourth-order valence-electron chi connectivity index (χ4n) is 2.27. The van der Waals surface area contributed by atoms with Gasteiger partial charge in [0.2, 0.25) is 0 Å². The fraction of sp³-hybridized carbons (Fsp3) is 0.312. The summed E-state index contributed by atoms with van der Waals surface area (Å²) < 4.78 is 0.